The Morgan fingerprint density at radius 1 is 1.19 bits per heavy atom. The van der Waals surface area contributed by atoms with Crippen molar-refractivity contribution < 1.29 is 9.47 Å². The van der Waals surface area contributed by atoms with Crippen molar-refractivity contribution in [3.05, 3.63) is 0 Å². The molecule has 0 N–H and O–H groups in total. The second-order valence-corrected chi connectivity index (χ2v) is 4.70. The van der Waals surface area contributed by atoms with Gasteiger partial charge in [0, 0.05) is 5.75 Å². The summed E-state index contributed by atoms with van der Waals surface area (Å²) in [6, 6.07) is 2.72. The smallest absolute Gasteiger partial charge is 0.147 e. The molecule has 1 saturated carbocycles. The lowest BCUT2D eigenvalue weighted by Gasteiger charge is -2.28. The fraction of sp³-hybridized carbons (Fsp3) is 0.909. The van der Waals surface area contributed by atoms with Crippen LogP contribution in [-0.4, -0.2) is 43.9 Å². The molecule has 1 aliphatic heterocycles. The van der Waals surface area contributed by atoms with Gasteiger partial charge in [0.1, 0.15) is 6.79 Å². The van der Waals surface area contributed by atoms with E-state index < -0.39 is 0 Å². The lowest BCUT2D eigenvalue weighted by atomic mass is 9.85. The first kappa shape index (κ1) is 12.1. The Hall–Kier alpha value is -0.350. The van der Waals surface area contributed by atoms with Crippen LogP contribution in [0.1, 0.15) is 19.3 Å². The Kier molecular flexibility index (Phi) is 4.85. The summed E-state index contributed by atoms with van der Waals surface area (Å²) in [7, 11) is 0. The van der Waals surface area contributed by atoms with Gasteiger partial charge in [-0.2, -0.15) is 12.6 Å². The van der Waals surface area contributed by atoms with Crippen LogP contribution in [0.4, 0.5) is 0 Å². The molecule has 90 valence electrons. The first-order valence-corrected chi connectivity index (χ1v) is 6.45. The van der Waals surface area contributed by atoms with Gasteiger partial charge < -0.3 is 9.47 Å². The second kappa shape index (κ2) is 6.40. The molecule has 1 aliphatic carbocycles. The molecule has 5 heteroatoms. The maximum atomic E-state index is 5.51. The number of hydrogen-bond donors (Lipinski definition) is 1. The zero-order valence-electron chi connectivity index (χ0n) is 9.34. The Bertz CT molecular complexity index is 279. The molecule has 0 spiro atoms. The van der Waals surface area contributed by atoms with E-state index in [2.05, 4.69) is 28.6 Å². The van der Waals surface area contributed by atoms with Crippen LogP contribution in [0.5, 0.6) is 0 Å². The van der Waals surface area contributed by atoms with Crippen molar-refractivity contribution in [3.8, 4) is 0 Å². The summed E-state index contributed by atoms with van der Waals surface area (Å²) >= 11 is 4.06. The van der Waals surface area contributed by atoms with Gasteiger partial charge in [-0.05, 0) is 25.2 Å². The predicted octanol–water partition coefficient (Wildman–Crippen LogP) is 1.63. The molecule has 0 amide bonds. The number of thiol groups is 1. The monoisotopic (exact) mass is 242 g/mol. The van der Waals surface area contributed by atoms with Gasteiger partial charge in [-0.15, -0.1) is 0 Å². The molecule has 3 unspecified atom stereocenters. The first-order chi connectivity index (χ1) is 7.90. The van der Waals surface area contributed by atoms with E-state index in [1.54, 1.807) is 0 Å². The van der Waals surface area contributed by atoms with E-state index in [9.17, 15) is 0 Å². The van der Waals surface area contributed by atoms with E-state index in [-0.39, 0.29) is 0 Å². The number of rotatable bonds is 4. The highest BCUT2D eigenvalue weighted by Crippen LogP contribution is 2.32. The molecule has 1 heterocycles. The van der Waals surface area contributed by atoms with Crippen molar-refractivity contribution in [3.63, 3.8) is 0 Å². The molecule has 0 bridgehead atoms. The molecule has 0 aromatic carbocycles. The third-order valence-corrected chi connectivity index (χ3v) is 3.31. The summed E-state index contributed by atoms with van der Waals surface area (Å²) in [5, 5.41) is 0. The van der Waals surface area contributed by atoms with Gasteiger partial charge in [-0.1, -0.05) is 0 Å². The largest absolute Gasteiger partial charge is 0.349 e. The summed E-state index contributed by atoms with van der Waals surface area (Å²) in [5.41, 5.74) is 0. The summed E-state index contributed by atoms with van der Waals surface area (Å²) in [6.45, 7) is 1.97. The molecule has 0 aromatic rings. The summed E-state index contributed by atoms with van der Waals surface area (Å²) in [5.74, 6) is 1.35. The Morgan fingerprint density at radius 3 is 2.94 bits per heavy atom. The molecule has 2 aliphatic rings. The Morgan fingerprint density at radius 2 is 2.06 bits per heavy atom. The van der Waals surface area contributed by atoms with Crippen LogP contribution in [0.25, 0.3) is 0 Å². The maximum Gasteiger partial charge on any atom is 0.147 e. The van der Waals surface area contributed by atoms with Crippen molar-refractivity contribution in [2.24, 2.45) is 15.9 Å². The zero-order valence-corrected chi connectivity index (χ0v) is 10.2. The summed E-state index contributed by atoms with van der Waals surface area (Å²) in [6.07, 6.45) is 3.95. The molecule has 1 saturated heterocycles. The van der Waals surface area contributed by atoms with Crippen molar-refractivity contribution >= 4 is 18.6 Å². The minimum absolute atomic E-state index is 0.295. The molecule has 3 atom stereocenters. The minimum atomic E-state index is 0.295. The van der Waals surface area contributed by atoms with Crippen molar-refractivity contribution in [2.75, 3.05) is 25.6 Å². The molecular formula is C11H18N2O2S. The standard InChI is InChI=1S/C11H18N2O2S/c16-4-3-12-7-13-6-9-1-2-10-11(5-9)15-8-14-10/h9-11,16H,1-6,8H2. The number of ether oxygens (including phenoxy) is 2. The van der Waals surface area contributed by atoms with Crippen molar-refractivity contribution in [1.82, 2.24) is 0 Å². The van der Waals surface area contributed by atoms with Gasteiger partial charge in [0.25, 0.3) is 0 Å². The molecule has 0 aromatic heterocycles. The van der Waals surface area contributed by atoms with E-state index in [0.717, 1.165) is 25.1 Å². The number of hydrogen-bond acceptors (Lipinski definition) is 5. The van der Waals surface area contributed by atoms with E-state index in [0.29, 0.717) is 31.5 Å². The van der Waals surface area contributed by atoms with E-state index in [4.69, 9.17) is 9.47 Å². The van der Waals surface area contributed by atoms with Crippen LogP contribution in [-0.2, 0) is 9.47 Å². The van der Waals surface area contributed by atoms with Crippen LogP contribution in [0.15, 0.2) is 9.98 Å². The normalized spacial score (nSPS) is 32.9. The van der Waals surface area contributed by atoms with Crippen molar-refractivity contribution in [2.45, 2.75) is 31.5 Å². The third kappa shape index (κ3) is 3.32. The quantitative estimate of drug-likeness (QED) is 0.601. The minimum Gasteiger partial charge on any atom is -0.349 e. The van der Waals surface area contributed by atoms with E-state index in [1.165, 1.54) is 6.42 Å². The van der Waals surface area contributed by atoms with Gasteiger partial charge in [-0.25, -0.2) is 9.98 Å². The van der Waals surface area contributed by atoms with Gasteiger partial charge >= 0.3 is 0 Å². The average Bonchev–Trinajstić information content (AvgIpc) is 2.76. The van der Waals surface area contributed by atoms with E-state index >= 15 is 0 Å². The van der Waals surface area contributed by atoms with Gasteiger partial charge in [0.05, 0.1) is 31.3 Å². The average molecular weight is 242 g/mol. The summed E-state index contributed by atoms with van der Waals surface area (Å²) in [4.78, 5) is 8.19. The predicted molar refractivity (Wildman–Crippen MR) is 65.4 cm³/mol. The molecular weight excluding hydrogens is 224 g/mol. The van der Waals surface area contributed by atoms with Crippen molar-refractivity contribution in [1.29, 1.82) is 0 Å². The second-order valence-electron chi connectivity index (χ2n) is 4.25. The first-order valence-electron chi connectivity index (χ1n) is 5.82. The van der Waals surface area contributed by atoms with Gasteiger partial charge in [-0.3, -0.25) is 0 Å². The van der Waals surface area contributed by atoms with Gasteiger partial charge in [0.2, 0.25) is 0 Å². The molecule has 16 heavy (non-hydrogen) atoms. The topological polar surface area (TPSA) is 43.2 Å². The highest BCUT2D eigenvalue weighted by Gasteiger charge is 2.35. The maximum absolute atomic E-state index is 5.51. The SMILES string of the molecule is SCCN=C=NCC1CCC2OCOC2C1. The highest BCUT2D eigenvalue weighted by atomic mass is 32.1. The number of nitrogens with zero attached hydrogens (tertiary/aromatic N) is 2. The van der Waals surface area contributed by atoms with Crippen LogP contribution < -0.4 is 0 Å². The van der Waals surface area contributed by atoms with Crippen LogP contribution >= 0.6 is 12.6 Å². The fourth-order valence-corrected chi connectivity index (χ4v) is 2.35. The lowest BCUT2D eigenvalue weighted by Crippen LogP contribution is -2.32. The number of aliphatic imine (C=N–C) groups is 2. The Labute approximate surface area is 102 Å². The molecule has 4 nitrogen and oxygen atoms in total. The molecule has 2 rings (SSSR count). The number of fused-ring (bicyclic) bond motifs is 1. The summed E-state index contributed by atoms with van der Waals surface area (Å²) < 4.78 is 11.0. The zero-order chi connectivity index (χ0) is 11.2. The highest BCUT2D eigenvalue weighted by molar-refractivity contribution is 7.80. The van der Waals surface area contributed by atoms with Gasteiger partial charge in [0.15, 0.2) is 0 Å². The van der Waals surface area contributed by atoms with E-state index in [1.807, 2.05) is 0 Å². The third-order valence-electron chi connectivity index (χ3n) is 3.11. The molecule has 0 radical (unpaired) electrons. The van der Waals surface area contributed by atoms with Crippen LogP contribution in [0, 0.1) is 5.92 Å². The lowest BCUT2D eigenvalue weighted by molar-refractivity contribution is 0.0389. The molecule has 2 fully saturated rings. The Balaban J connectivity index is 1.73. The fourth-order valence-electron chi connectivity index (χ4n) is 2.25. The van der Waals surface area contributed by atoms with Crippen LogP contribution in [0.3, 0.4) is 0 Å². The van der Waals surface area contributed by atoms with Crippen LogP contribution in [0.2, 0.25) is 0 Å².